The van der Waals surface area contributed by atoms with Gasteiger partial charge in [-0.3, -0.25) is 14.5 Å². The Labute approximate surface area is 155 Å². The predicted octanol–water partition coefficient (Wildman–Crippen LogP) is 2.61. The molecule has 0 aromatic rings. The lowest BCUT2D eigenvalue weighted by molar-refractivity contribution is -0.132. The fraction of sp³-hybridized carbons (Fsp3) is 0.842. The maximum Gasteiger partial charge on any atom is 0.319 e. The summed E-state index contributed by atoms with van der Waals surface area (Å²) in [6.45, 7) is 11.1. The fourth-order valence-corrected chi connectivity index (χ4v) is 5.10. The summed E-state index contributed by atoms with van der Waals surface area (Å²) in [5.74, 6) is 0.933. The first-order valence-corrected chi connectivity index (χ1v) is 9.49. The third-order valence-electron chi connectivity index (χ3n) is 6.37. The summed E-state index contributed by atoms with van der Waals surface area (Å²) in [6.07, 6.45) is 1.67. The average Bonchev–Trinajstić information content (AvgIpc) is 3.22. The number of hydrogen-bond donors (Lipinski definition) is 0. The van der Waals surface area contributed by atoms with Gasteiger partial charge in [-0.15, -0.1) is 0 Å². The molecule has 0 bridgehead atoms. The van der Waals surface area contributed by atoms with Crippen molar-refractivity contribution in [2.45, 2.75) is 51.4 Å². The van der Waals surface area contributed by atoms with Gasteiger partial charge in [0.2, 0.25) is 5.91 Å². The van der Waals surface area contributed by atoms with Crippen molar-refractivity contribution in [3.05, 3.63) is 11.4 Å². The number of carbonyl (C=O) groups is 2. The van der Waals surface area contributed by atoms with E-state index in [0.29, 0.717) is 18.3 Å². The number of alkyl halides is 1. The Kier molecular flexibility index (Phi) is 5.14. The summed E-state index contributed by atoms with van der Waals surface area (Å²) in [4.78, 5) is 33.0. The van der Waals surface area contributed by atoms with Crippen molar-refractivity contribution < 1.29 is 14.0 Å². The molecule has 6 nitrogen and oxygen atoms in total. The molecule has 2 saturated heterocycles. The molecule has 0 spiro atoms. The summed E-state index contributed by atoms with van der Waals surface area (Å²) in [7, 11) is 3.56. The van der Waals surface area contributed by atoms with Crippen molar-refractivity contribution in [2.75, 3.05) is 33.7 Å². The van der Waals surface area contributed by atoms with Crippen LogP contribution < -0.4 is 0 Å². The summed E-state index contributed by atoms with van der Waals surface area (Å²) < 4.78 is 13.5. The molecule has 0 radical (unpaired) electrons. The summed E-state index contributed by atoms with van der Waals surface area (Å²) in [5.41, 5.74) is 0.0979. The monoisotopic (exact) mass is 364 g/mol. The number of hydrogen-bond acceptors (Lipinski definition) is 2. The van der Waals surface area contributed by atoms with Crippen LogP contribution in [0.1, 0.15) is 39.0 Å². The van der Waals surface area contributed by atoms with Crippen LogP contribution in [-0.2, 0) is 4.79 Å². The molecule has 3 fully saturated rings. The van der Waals surface area contributed by atoms with E-state index < -0.39 is 12.3 Å². The Morgan fingerprint density at radius 2 is 1.85 bits per heavy atom. The standard InChI is InChI=1S/C19H29FN4O2/c1-19(6-5-17(25)24-12-15(20)7-16(24)21-2)8-13-10-23(11-14(13)9-19)18(26)22(3)4/h13-16H,5-12H2,1,3-4H3/t13-,14+,15-,16-,19?/m0/s1. The topological polar surface area (TPSA) is 48.2 Å². The van der Waals surface area contributed by atoms with Crippen LogP contribution in [0.25, 0.3) is 4.85 Å². The molecule has 3 amide bonds. The molecule has 2 heterocycles. The molecule has 0 N–H and O–H groups in total. The Hall–Kier alpha value is -1.84. The number of urea groups is 1. The van der Waals surface area contributed by atoms with Crippen LogP contribution >= 0.6 is 0 Å². The maximum absolute atomic E-state index is 13.5. The number of carbonyl (C=O) groups excluding carboxylic acids is 2. The van der Waals surface area contributed by atoms with Gasteiger partial charge in [0.25, 0.3) is 0 Å². The minimum absolute atomic E-state index is 0.0649. The van der Waals surface area contributed by atoms with Gasteiger partial charge in [-0.2, -0.15) is 0 Å². The van der Waals surface area contributed by atoms with Crippen LogP contribution in [0.5, 0.6) is 0 Å². The second-order valence-corrected chi connectivity index (χ2v) is 8.81. The first-order valence-electron chi connectivity index (χ1n) is 9.49. The van der Waals surface area contributed by atoms with E-state index in [4.69, 9.17) is 6.57 Å². The SMILES string of the molecule is [C-]#[N+][C@@H]1C[C@H](F)CN1C(=O)CCC1(C)C[C@H]2CN(C(=O)N(C)C)C[C@H]2C1. The molecule has 144 valence electrons. The van der Waals surface area contributed by atoms with Gasteiger partial charge < -0.3 is 9.80 Å². The number of likely N-dealkylation sites (tertiary alicyclic amines) is 2. The van der Waals surface area contributed by atoms with E-state index in [2.05, 4.69) is 11.8 Å². The van der Waals surface area contributed by atoms with E-state index in [1.165, 1.54) is 4.90 Å². The molecular weight excluding hydrogens is 335 g/mol. The Morgan fingerprint density at radius 3 is 2.38 bits per heavy atom. The molecule has 1 aliphatic carbocycles. The maximum atomic E-state index is 13.5. The van der Waals surface area contributed by atoms with E-state index in [1.807, 2.05) is 4.90 Å². The summed E-state index contributed by atoms with van der Waals surface area (Å²) in [6, 6.07) is 0.0799. The highest BCUT2D eigenvalue weighted by atomic mass is 19.1. The van der Waals surface area contributed by atoms with Crippen molar-refractivity contribution in [3.63, 3.8) is 0 Å². The average molecular weight is 364 g/mol. The van der Waals surface area contributed by atoms with Crippen molar-refractivity contribution in [1.29, 1.82) is 0 Å². The zero-order valence-corrected chi connectivity index (χ0v) is 15.9. The molecule has 3 rings (SSSR count). The molecule has 0 aromatic heterocycles. The van der Waals surface area contributed by atoms with Crippen molar-refractivity contribution in [1.82, 2.24) is 14.7 Å². The van der Waals surface area contributed by atoms with Gasteiger partial charge in [-0.25, -0.2) is 15.8 Å². The largest absolute Gasteiger partial charge is 0.331 e. The lowest BCUT2D eigenvalue weighted by Crippen LogP contribution is -2.38. The van der Waals surface area contributed by atoms with E-state index in [-0.39, 0.29) is 30.3 Å². The Morgan fingerprint density at radius 1 is 1.23 bits per heavy atom. The number of nitrogens with zero attached hydrogens (tertiary/aromatic N) is 4. The lowest BCUT2D eigenvalue weighted by Gasteiger charge is -2.28. The zero-order chi connectivity index (χ0) is 19.1. The summed E-state index contributed by atoms with van der Waals surface area (Å²) >= 11 is 0. The van der Waals surface area contributed by atoms with Crippen molar-refractivity contribution >= 4 is 11.9 Å². The van der Waals surface area contributed by atoms with Crippen LogP contribution in [0, 0.1) is 23.8 Å². The Bertz CT molecular complexity index is 603. The first-order chi connectivity index (χ1) is 12.2. The third kappa shape index (κ3) is 3.65. The zero-order valence-electron chi connectivity index (χ0n) is 15.9. The van der Waals surface area contributed by atoms with Gasteiger partial charge in [0.15, 0.2) is 0 Å². The number of rotatable bonds is 3. The lowest BCUT2D eigenvalue weighted by atomic mass is 9.82. The molecule has 1 unspecified atom stereocenters. The van der Waals surface area contributed by atoms with E-state index in [0.717, 1.165) is 32.4 Å². The molecule has 26 heavy (non-hydrogen) atoms. The minimum Gasteiger partial charge on any atom is -0.331 e. The van der Waals surface area contributed by atoms with Crippen molar-refractivity contribution in [2.24, 2.45) is 17.3 Å². The van der Waals surface area contributed by atoms with E-state index >= 15 is 0 Å². The van der Waals surface area contributed by atoms with Crippen LogP contribution in [0.15, 0.2) is 0 Å². The predicted molar refractivity (Wildman–Crippen MR) is 95.8 cm³/mol. The van der Waals surface area contributed by atoms with E-state index in [9.17, 15) is 14.0 Å². The van der Waals surface area contributed by atoms with E-state index in [1.54, 1.807) is 19.0 Å². The number of amides is 3. The third-order valence-corrected chi connectivity index (χ3v) is 6.37. The van der Waals surface area contributed by atoms with Gasteiger partial charge in [-0.05, 0) is 36.5 Å². The normalized spacial score (nSPS) is 36.1. The minimum atomic E-state index is -1.07. The summed E-state index contributed by atoms with van der Waals surface area (Å²) in [5, 5.41) is 0. The number of fused-ring (bicyclic) bond motifs is 1. The molecule has 2 aliphatic heterocycles. The molecule has 1 saturated carbocycles. The first kappa shape index (κ1) is 18.9. The van der Waals surface area contributed by atoms with Gasteiger partial charge in [0.05, 0.1) is 13.0 Å². The van der Waals surface area contributed by atoms with Crippen LogP contribution in [-0.4, -0.2) is 72.7 Å². The highest BCUT2D eigenvalue weighted by Crippen LogP contribution is 2.51. The second-order valence-electron chi connectivity index (χ2n) is 8.81. The smallest absolute Gasteiger partial charge is 0.319 e. The van der Waals surface area contributed by atoms with Gasteiger partial charge in [0.1, 0.15) is 6.17 Å². The van der Waals surface area contributed by atoms with Gasteiger partial charge in [0, 0.05) is 33.6 Å². The molecular formula is C19H29FN4O2. The molecule has 3 aliphatic rings. The second kappa shape index (κ2) is 7.05. The molecule has 7 heteroatoms. The van der Waals surface area contributed by atoms with Gasteiger partial charge in [-0.1, -0.05) is 6.92 Å². The van der Waals surface area contributed by atoms with Gasteiger partial charge >= 0.3 is 12.2 Å². The Balaban J connectivity index is 1.51. The van der Waals surface area contributed by atoms with Crippen LogP contribution in [0.4, 0.5) is 9.18 Å². The quantitative estimate of drug-likeness (QED) is 0.723. The van der Waals surface area contributed by atoms with Crippen LogP contribution in [0.2, 0.25) is 0 Å². The molecule has 5 atom stereocenters. The van der Waals surface area contributed by atoms with Crippen LogP contribution in [0.3, 0.4) is 0 Å². The number of halogens is 1. The highest BCUT2D eigenvalue weighted by molar-refractivity contribution is 5.77. The highest BCUT2D eigenvalue weighted by Gasteiger charge is 2.48. The fourth-order valence-electron chi connectivity index (χ4n) is 5.10. The molecule has 0 aromatic carbocycles. The van der Waals surface area contributed by atoms with Crippen molar-refractivity contribution in [3.8, 4) is 0 Å².